The smallest absolute Gasteiger partial charge is 0.416 e. The van der Waals surface area contributed by atoms with Gasteiger partial charge in [0.25, 0.3) is 0 Å². The van der Waals surface area contributed by atoms with E-state index >= 15 is 0 Å². The van der Waals surface area contributed by atoms with Crippen LogP contribution in [0.1, 0.15) is 28.2 Å². The number of carbonyl (C=O) groups excluding carboxylic acids is 1. The molecule has 0 saturated carbocycles. The molecular weight excluding hydrogens is 545 g/mol. The number of hydrogen-bond acceptors (Lipinski definition) is 4. The van der Waals surface area contributed by atoms with Crippen molar-refractivity contribution in [1.29, 1.82) is 0 Å². The van der Waals surface area contributed by atoms with Crippen LogP contribution >= 0.6 is 11.8 Å². The number of anilines is 1. The number of para-hydroxylation sites is 1. The number of carbonyl (C=O) groups is 1. The van der Waals surface area contributed by atoms with Gasteiger partial charge in [0.05, 0.1) is 11.3 Å². The fourth-order valence-electron chi connectivity index (χ4n) is 5.68. The summed E-state index contributed by atoms with van der Waals surface area (Å²) in [5.74, 6) is 0.0187. The molecule has 0 atom stereocenters. The number of benzene rings is 4. The predicted octanol–water partition coefficient (Wildman–Crippen LogP) is 8.24. The number of nitrogens with zero attached hydrogens (tertiary/aromatic N) is 2. The normalized spacial score (nSPS) is 15.0. The lowest BCUT2D eigenvalue weighted by Gasteiger charge is -2.36. The maximum atomic E-state index is 13.1. The third-order valence-electron chi connectivity index (χ3n) is 7.80. The molecule has 2 aliphatic rings. The lowest BCUT2D eigenvalue weighted by Crippen LogP contribution is -2.49. The first-order valence-electron chi connectivity index (χ1n) is 13.6. The molecule has 1 aliphatic carbocycles. The van der Waals surface area contributed by atoms with E-state index in [1.807, 2.05) is 48.5 Å². The van der Waals surface area contributed by atoms with Crippen LogP contribution in [-0.4, -0.2) is 43.8 Å². The van der Waals surface area contributed by atoms with Gasteiger partial charge in [-0.1, -0.05) is 72.4 Å². The molecule has 6 rings (SSSR count). The minimum Gasteiger partial charge on any atom is -0.448 e. The molecule has 8 heteroatoms. The van der Waals surface area contributed by atoms with E-state index in [2.05, 4.69) is 29.2 Å². The number of piperazine rings is 1. The van der Waals surface area contributed by atoms with Gasteiger partial charge in [-0.15, -0.1) is 0 Å². The molecule has 0 radical (unpaired) electrons. The fourth-order valence-corrected chi connectivity index (χ4v) is 6.72. The molecule has 1 saturated heterocycles. The molecule has 1 amide bonds. The summed E-state index contributed by atoms with van der Waals surface area (Å²) in [6, 6.07) is 28.3. The van der Waals surface area contributed by atoms with Crippen LogP contribution in [-0.2, 0) is 10.9 Å². The third kappa shape index (κ3) is 5.53. The van der Waals surface area contributed by atoms with Gasteiger partial charge in [-0.25, -0.2) is 4.79 Å². The lowest BCUT2D eigenvalue weighted by atomic mass is 9.98. The Bertz CT molecular complexity index is 1540. The first kappa shape index (κ1) is 27.3. The van der Waals surface area contributed by atoms with Crippen molar-refractivity contribution in [2.45, 2.75) is 28.8 Å². The van der Waals surface area contributed by atoms with Crippen LogP contribution in [0.5, 0.6) is 0 Å². The summed E-state index contributed by atoms with van der Waals surface area (Å²) >= 11 is 1.46. The van der Waals surface area contributed by atoms with E-state index in [9.17, 15) is 18.0 Å². The van der Waals surface area contributed by atoms with Gasteiger partial charge < -0.3 is 14.5 Å². The minimum atomic E-state index is -4.36. The highest BCUT2D eigenvalue weighted by Crippen LogP contribution is 2.44. The molecule has 0 aromatic heterocycles. The van der Waals surface area contributed by atoms with E-state index < -0.39 is 11.7 Å². The summed E-state index contributed by atoms with van der Waals surface area (Å²) < 4.78 is 45.2. The number of fused-ring (bicyclic) bond motifs is 3. The van der Waals surface area contributed by atoms with Crippen LogP contribution in [0.15, 0.2) is 101 Å². The van der Waals surface area contributed by atoms with Crippen molar-refractivity contribution in [3.8, 4) is 11.1 Å². The number of amides is 1. The molecule has 210 valence electrons. The van der Waals surface area contributed by atoms with Gasteiger partial charge in [-0.05, 0) is 65.1 Å². The van der Waals surface area contributed by atoms with E-state index in [0.29, 0.717) is 38.3 Å². The number of ether oxygens (including phenoxy) is 1. The zero-order valence-electron chi connectivity index (χ0n) is 22.5. The van der Waals surface area contributed by atoms with Crippen LogP contribution in [0.2, 0.25) is 0 Å². The average Bonchev–Trinajstić information content (AvgIpc) is 3.30. The second-order valence-electron chi connectivity index (χ2n) is 10.3. The summed E-state index contributed by atoms with van der Waals surface area (Å²) in [7, 11) is 0. The van der Waals surface area contributed by atoms with Gasteiger partial charge in [0.2, 0.25) is 0 Å². The van der Waals surface area contributed by atoms with Crippen molar-refractivity contribution in [3.63, 3.8) is 0 Å². The second kappa shape index (κ2) is 11.2. The SMILES string of the molecule is Cc1cc(C(F)(F)F)ccc1Sc1ccccc1N1CCN(C(=O)OCC2c3ccccc3-c3ccccc32)CC1. The maximum absolute atomic E-state index is 13.1. The summed E-state index contributed by atoms with van der Waals surface area (Å²) in [5, 5.41) is 0. The number of alkyl halides is 3. The molecule has 4 nitrogen and oxygen atoms in total. The first-order valence-corrected chi connectivity index (χ1v) is 14.4. The predicted molar refractivity (Wildman–Crippen MR) is 156 cm³/mol. The highest BCUT2D eigenvalue weighted by Gasteiger charge is 2.32. The zero-order valence-corrected chi connectivity index (χ0v) is 23.3. The molecular formula is C33H29F3N2O2S. The molecule has 41 heavy (non-hydrogen) atoms. The van der Waals surface area contributed by atoms with E-state index in [1.165, 1.54) is 46.1 Å². The topological polar surface area (TPSA) is 32.8 Å². The summed E-state index contributed by atoms with van der Waals surface area (Å²) in [4.78, 5) is 18.8. The average molecular weight is 575 g/mol. The number of halogens is 3. The van der Waals surface area contributed by atoms with Crippen LogP contribution in [0, 0.1) is 6.92 Å². The summed E-state index contributed by atoms with van der Waals surface area (Å²) in [6.45, 7) is 4.30. The highest BCUT2D eigenvalue weighted by atomic mass is 32.2. The number of rotatable bonds is 5. The Balaban J connectivity index is 1.09. The van der Waals surface area contributed by atoms with Gasteiger partial charge in [-0.2, -0.15) is 13.2 Å². The lowest BCUT2D eigenvalue weighted by molar-refractivity contribution is -0.137. The molecule has 1 fully saturated rings. The monoisotopic (exact) mass is 574 g/mol. The Morgan fingerprint density at radius 1 is 0.829 bits per heavy atom. The van der Waals surface area contributed by atoms with Crippen LogP contribution < -0.4 is 4.90 Å². The van der Waals surface area contributed by atoms with Gasteiger partial charge in [0.15, 0.2) is 0 Å². The molecule has 1 heterocycles. The molecule has 1 aliphatic heterocycles. The fraction of sp³-hybridized carbons (Fsp3) is 0.242. The molecule has 0 bridgehead atoms. The van der Waals surface area contributed by atoms with Crippen molar-refractivity contribution in [2.24, 2.45) is 0 Å². The quantitative estimate of drug-likeness (QED) is 0.240. The molecule has 0 N–H and O–H groups in total. The number of hydrogen-bond donors (Lipinski definition) is 0. The van der Waals surface area contributed by atoms with Gasteiger partial charge in [-0.3, -0.25) is 0 Å². The third-order valence-corrected chi connectivity index (χ3v) is 9.05. The Morgan fingerprint density at radius 3 is 2.07 bits per heavy atom. The van der Waals surface area contributed by atoms with Crippen LogP contribution in [0.25, 0.3) is 11.1 Å². The van der Waals surface area contributed by atoms with Crippen LogP contribution in [0.3, 0.4) is 0 Å². The largest absolute Gasteiger partial charge is 0.448 e. The number of aryl methyl sites for hydroxylation is 1. The van der Waals surface area contributed by atoms with Gasteiger partial charge in [0.1, 0.15) is 6.61 Å². The van der Waals surface area contributed by atoms with E-state index in [0.717, 1.165) is 21.5 Å². The molecule has 0 unspecified atom stereocenters. The van der Waals surface area contributed by atoms with Crippen molar-refractivity contribution >= 4 is 23.5 Å². The molecule has 4 aromatic rings. The van der Waals surface area contributed by atoms with Crippen molar-refractivity contribution in [3.05, 3.63) is 113 Å². The maximum Gasteiger partial charge on any atom is 0.416 e. The Morgan fingerprint density at radius 2 is 1.44 bits per heavy atom. The van der Waals surface area contributed by atoms with E-state index in [1.54, 1.807) is 11.8 Å². The highest BCUT2D eigenvalue weighted by molar-refractivity contribution is 7.99. The van der Waals surface area contributed by atoms with Gasteiger partial charge >= 0.3 is 12.3 Å². The standard InChI is InChI=1S/C33H29F3N2O2S/c1-22-20-23(33(34,35)36)14-15-30(22)41-31-13-7-6-12-29(31)37-16-18-38(19-17-37)32(39)40-21-28-26-10-4-2-8-24(26)25-9-3-5-11-27(25)28/h2-15,20,28H,16-19,21H2,1H3. The Labute approximate surface area is 241 Å². The van der Waals surface area contributed by atoms with E-state index in [4.69, 9.17) is 4.74 Å². The molecule has 0 spiro atoms. The second-order valence-corrected chi connectivity index (χ2v) is 11.4. The molecule has 4 aromatic carbocycles. The van der Waals surface area contributed by atoms with Crippen molar-refractivity contribution in [1.82, 2.24) is 4.90 Å². The van der Waals surface area contributed by atoms with Gasteiger partial charge in [0, 0.05) is 41.9 Å². The summed E-state index contributed by atoms with van der Waals surface area (Å²) in [5.41, 5.74) is 5.70. The van der Waals surface area contributed by atoms with E-state index in [-0.39, 0.29) is 12.0 Å². The Kier molecular flexibility index (Phi) is 7.43. The Hall–Kier alpha value is -3.91. The first-order chi connectivity index (χ1) is 19.8. The van der Waals surface area contributed by atoms with Crippen molar-refractivity contribution in [2.75, 3.05) is 37.7 Å². The zero-order chi connectivity index (χ0) is 28.6. The minimum absolute atomic E-state index is 0.0187. The van der Waals surface area contributed by atoms with Crippen LogP contribution in [0.4, 0.5) is 23.7 Å². The van der Waals surface area contributed by atoms with Crippen molar-refractivity contribution < 1.29 is 22.7 Å². The summed E-state index contributed by atoms with van der Waals surface area (Å²) in [6.07, 6.45) is -4.67.